The summed E-state index contributed by atoms with van der Waals surface area (Å²) in [6.07, 6.45) is 1.64. The van der Waals surface area contributed by atoms with Gasteiger partial charge in [0.05, 0.1) is 12.1 Å². The van der Waals surface area contributed by atoms with Gasteiger partial charge < -0.3 is 5.32 Å². The highest BCUT2D eigenvalue weighted by Crippen LogP contribution is 2.25. The van der Waals surface area contributed by atoms with Gasteiger partial charge in [-0.25, -0.2) is 4.98 Å². The van der Waals surface area contributed by atoms with E-state index in [-0.39, 0.29) is 18.2 Å². The van der Waals surface area contributed by atoms with Crippen molar-refractivity contribution >= 4 is 39.9 Å². The van der Waals surface area contributed by atoms with Crippen molar-refractivity contribution in [3.63, 3.8) is 0 Å². The minimum atomic E-state index is -0.116. The third kappa shape index (κ3) is 3.89. The van der Waals surface area contributed by atoms with E-state index in [9.17, 15) is 9.59 Å². The summed E-state index contributed by atoms with van der Waals surface area (Å²) in [6.45, 7) is 1.10. The highest BCUT2D eigenvalue weighted by Gasteiger charge is 2.24. The molecule has 1 aliphatic heterocycles. The number of rotatable bonds is 5. The van der Waals surface area contributed by atoms with Gasteiger partial charge in [-0.05, 0) is 18.1 Å². The van der Waals surface area contributed by atoms with Crippen LogP contribution in [0.1, 0.15) is 24.1 Å². The van der Waals surface area contributed by atoms with Crippen molar-refractivity contribution in [2.24, 2.45) is 0 Å². The molecular formula is C16H16ClN3O2S. The molecule has 1 saturated heterocycles. The molecule has 5 nitrogen and oxygen atoms in total. The fourth-order valence-electron chi connectivity index (χ4n) is 2.41. The molecule has 0 spiro atoms. The summed E-state index contributed by atoms with van der Waals surface area (Å²) in [5, 5.41) is 5.98. The van der Waals surface area contributed by atoms with Gasteiger partial charge in [0.2, 0.25) is 11.8 Å². The first-order chi connectivity index (χ1) is 11.1. The third-order valence-corrected chi connectivity index (χ3v) is 4.90. The smallest absolute Gasteiger partial charge is 0.228 e. The summed E-state index contributed by atoms with van der Waals surface area (Å²) >= 11 is 7.46. The lowest BCUT2D eigenvalue weighted by molar-refractivity contribution is -0.120. The van der Waals surface area contributed by atoms with Crippen molar-refractivity contribution in [3.8, 4) is 0 Å². The van der Waals surface area contributed by atoms with Crippen LogP contribution in [-0.2, 0) is 22.6 Å². The molecule has 3 rings (SSSR count). The molecule has 2 aromatic rings. The minimum absolute atomic E-state index is 0.106. The van der Waals surface area contributed by atoms with Crippen LogP contribution in [0.4, 0.5) is 5.13 Å². The summed E-state index contributed by atoms with van der Waals surface area (Å²) in [7, 11) is 0. The molecule has 0 aliphatic carbocycles. The van der Waals surface area contributed by atoms with Crippen LogP contribution in [0.2, 0.25) is 5.02 Å². The normalized spacial score (nSPS) is 14.3. The maximum Gasteiger partial charge on any atom is 0.228 e. The second-order valence-corrected chi connectivity index (χ2v) is 6.56. The second kappa shape index (κ2) is 7.10. The SMILES string of the molecule is O=C(Cc1csc(N2CCCC2=O)n1)NCc1ccccc1Cl. The highest BCUT2D eigenvalue weighted by atomic mass is 35.5. The molecular weight excluding hydrogens is 334 g/mol. The molecule has 1 aliphatic rings. The topological polar surface area (TPSA) is 62.3 Å². The maximum absolute atomic E-state index is 12.0. The molecule has 2 amide bonds. The zero-order valence-corrected chi connectivity index (χ0v) is 14.0. The fraction of sp³-hybridized carbons (Fsp3) is 0.312. The summed E-state index contributed by atoms with van der Waals surface area (Å²) in [6, 6.07) is 7.41. The Labute approximate surface area is 143 Å². The Morgan fingerprint density at radius 2 is 2.22 bits per heavy atom. The van der Waals surface area contributed by atoms with Crippen molar-refractivity contribution in [1.82, 2.24) is 10.3 Å². The van der Waals surface area contributed by atoms with Crippen molar-refractivity contribution in [2.75, 3.05) is 11.4 Å². The maximum atomic E-state index is 12.0. The van der Waals surface area contributed by atoms with Gasteiger partial charge in [0.1, 0.15) is 0 Å². The standard InChI is InChI=1S/C16H16ClN3O2S/c17-13-5-2-1-4-11(13)9-18-14(21)8-12-10-23-16(19-12)20-7-3-6-15(20)22/h1-2,4-5,10H,3,6-9H2,(H,18,21). The lowest BCUT2D eigenvalue weighted by atomic mass is 10.2. The lowest BCUT2D eigenvalue weighted by Gasteiger charge is -2.10. The molecule has 0 saturated carbocycles. The van der Waals surface area contributed by atoms with Crippen LogP contribution in [0.3, 0.4) is 0 Å². The Morgan fingerprint density at radius 3 is 2.96 bits per heavy atom. The van der Waals surface area contributed by atoms with Gasteiger partial charge >= 0.3 is 0 Å². The Balaban J connectivity index is 1.55. The zero-order chi connectivity index (χ0) is 16.2. The third-order valence-electron chi connectivity index (χ3n) is 3.62. The van der Waals surface area contributed by atoms with Crippen molar-refractivity contribution in [2.45, 2.75) is 25.8 Å². The van der Waals surface area contributed by atoms with Gasteiger partial charge in [-0.15, -0.1) is 11.3 Å². The van der Waals surface area contributed by atoms with Crippen LogP contribution >= 0.6 is 22.9 Å². The van der Waals surface area contributed by atoms with E-state index >= 15 is 0 Å². The van der Waals surface area contributed by atoms with E-state index in [2.05, 4.69) is 10.3 Å². The van der Waals surface area contributed by atoms with E-state index in [1.807, 2.05) is 23.6 Å². The monoisotopic (exact) mass is 349 g/mol. The summed E-state index contributed by atoms with van der Waals surface area (Å²) in [5.74, 6) is -0.0106. The van der Waals surface area contributed by atoms with E-state index in [0.717, 1.165) is 12.0 Å². The first-order valence-electron chi connectivity index (χ1n) is 7.38. The number of nitrogens with one attached hydrogen (secondary N) is 1. The van der Waals surface area contributed by atoms with Crippen molar-refractivity contribution < 1.29 is 9.59 Å². The summed E-state index contributed by atoms with van der Waals surface area (Å²) in [5.41, 5.74) is 1.56. The number of aromatic nitrogens is 1. The molecule has 1 aromatic carbocycles. The first-order valence-corrected chi connectivity index (χ1v) is 8.64. The Kier molecular flexibility index (Phi) is 4.93. The quantitative estimate of drug-likeness (QED) is 0.902. The molecule has 0 atom stereocenters. The predicted octanol–water partition coefficient (Wildman–Crippen LogP) is 2.78. The molecule has 1 aromatic heterocycles. The van der Waals surface area contributed by atoms with Crippen LogP contribution in [0.25, 0.3) is 0 Å². The van der Waals surface area contributed by atoms with Crippen molar-refractivity contribution in [3.05, 3.63) is 45.9 Å². The molecule has 0 unspecified atom stereocenters. The number of thiazole rings is 1. The molecule has 7 heteroatoms. The van der Waals surface area contributed by atoms with Gasteiger partial charge in [0, 0.05) is 29.9 Å². The Morgan fingerprint density at radius 1 is 1.39 bits per heavy atom. The van der Waals surface area contributed by atoms with Crippen LogP contribution in [0.5, 0.6) is 0 Å². The van der Waals surface area contributed by atoms with Gasteiger partial charge in [0.25, 0.3) is 0 Å². The van der Waals surface area contributed by atoms with Gasteiger partial charge in [-0.1, -0.05) is 29.8 Å². The number of hydrogen-bond donors (Lipinski definition) is 1. The number of carbonyl (C=O) groups is 2. The summed E-state index contributed by atoms with van der Waals surface area (Å²) < 4.78 is 0. The molecule has 120 valence electrons. The van der Waals surface area contributed by atoms with Crippen LogP contribution < -0.4 is 10.2 Å². The average Bonchev–Trinajstić information content (AvgIpc) is 3.15. The number of benzene rings is 1. The molecule has 23 heavy (non-hydrogen) atoms. The van der Waals surface area contributed by atoms with E-state index in [0.29, 0.717) is 35.4 Å². The number of amides is 2. The van der Waals surface area contributed by atoms with Crippen molar-refractivity contribution in [1.29, 1.82) is 0 Å². The number of nitrogens with zero attached hydrogens (tertiary/aromatic N) is 2. The molecule has 1 fully saturated rings. The Bertz CT molecular complexity index is 732. The molecule has 0 radical (unpaired) electrons. The highest BCUT2D eigenvalue weighted by molar-refractivity contribution is 7.14. The largest absolute Gasteiger partial charge is 0.352 e. The van der Waals surface area contributed by atoms with Crippen LogP contribution in [-0.4, -0.2) is 23.3 Å². The first kappa shape index (κ1) is 16.0. The average molecular weight is 350 g/mol. The number of hydrogen-bond acceptors (Lipinski definition) is 4. The number of anilines is 1. The predicted molar refractivity (Wildman–Crippen MR) is 90.7 cm³/mol. The van der Waals surface area contributed by atoms with E-state index in [4.69, 9.17) is 11.6 Å². The molecule has 1 N–H and O–H groups in total. The molecule has 2 heterocycles. The lowest BCUT2D eigenvalue weighted by Crippen LogP contribution is -2.25. The minimum Gasteiger partial charge on any atom is -0.352 e. The van der Waals surface area contributed by atoms with Gasteiger partial charge in [0.15, 0.2) is 5.13 Å². The fourth-order valence-corrected chi connectivity index (χ4v) is 3.48. The Hall–Kier alpha value is -1.92. The van der Waals surface area contributed by atoms with Gasteiger partial charge in [-0.3, -0.25) is 14.5 Å². The zero-order valence-electron chi connectivity index (χ0n) is 12.4. The van der Waals surface area contributed by atoms with Crippen LogP contribution in [0.15, 0.2) is 29.6 Å². The van der Waals surface area contributed by atoms with E-state index in [1.165, 1.54) is 11.3 Å². The second-order valence-electron chi connectivity index (χ2n) is 5.32. The number of carbonyl (C=O) groups excluding carboxylic acids is 2. The van der Waals surface area contributed by atoms with Gasteiger partial charge in [-0.2, -0.15) is 0 Å². The van der Waals surface area contributed by atoms with E-state index < -0.39 is 0 Å². The van der Waals surface area contributed by atoms with E-state index in [1.54, 1.807) is 11.0 Å². The van der Waals surface area contributed by atoms with Crippen LogP contribution in [0, 0.1) is 0 Å². The molecule has 0 bridgehead atoms. The summed E-state index contributed by atoms with van der Waals surface area (Å²) in [4.78, 5) is 29.8. The number of halogens is 1.